The van der Waals surface area contributed by atoms with Gasteiger partial charge in [-0.05, 0) is 57.2 Å². The Hall–Kier alpha value is -3.42. The van der Waals surface area contributed by atoms with Gasteiger partial charge in [0.25, 0.3) is 0 Å². The summed E-state index contributed by atoms with van der Waals surface area (Å²) < 4.78 is 25.6. The highest BCUT2D eigenvalue weighted by molar-refractivity contribution is 5.88. The molecule has 7 heteroatoms. The van der Waals surface area contributed by atoms with Crippen molar-refractivity contribution >= 4 is 12.1 Å². The van der Waals surface area contributed by atoms with Gasteiger partial charge in [-0.2, -0.15) is 0 Å². The van der Waals surface area contributed by atoms with E-state index in [4.69, 9.17) is 18.9 Å². The number of esters is 1. The Morgan fingerprint density at radius 1 is 0.949 bits per heavy atom. The summed E-state index contributed by atoms with van der Waals surface area (Å²) in [4.78, 5) is 27.9. The summed E-state index contributed by atoms with van der Waals surface area (Å²) in [5.41, 5.74) is 1.01. The third kappa shape index (κ3) is 4.79. The van der Waals surface area contributed by atoms with Crippen LogP contribution in [0.3, 0.4) is 0 Å². The van der Waals surface area contributed by atoms with E-state index in [1.807, 2.05) is 93.6 Å². The number of rotatable bonds is 3. The summed E-state index contributed by atoms with van der Waals surface area (Å²) >= 11 is 0. The van der Waals surface area contributed by atoms with Crippen LogP contribution in [-0.2, 0) is 23.7 Å². The van der Waals surface area contributed by atoms with Crippen molar-refractivity contribution in [2.24, 2.45) is 0 Å². The first-order valence-electron chi connectivity index (χ1n) is 13.8. The summed E-state index contributed by atoms with van der Waals surface area (Å²) in [6.45, 7) is 6.10. The van der Waals surface area contributed by atoms with Gasteiger partial charge in [-0.15, -0.1) is 0 Å². The highest BCUT2D eigenvalue weighted by Gasteiger charge is 2.62. The van der Waals surface area contributed by atoms with Gasteiger partial charge < -0.3 is 23.8 Å². The van der Waals surface area contributed by atoms with Gasteiger partial charge in [0.15, 0.2) is 11.4 Å². The highest BCUT2D eigenvalue weighted by Crippen LogP contribution is 2.56. The van der Waals surface area contributed by atoms with Gasteiger partial charge in [-0.1, -0.05) is 66.7 Å². The quantitative estimate of drug-likeness (QED) is 0.442. The maximum atomic E-state index is 13.4. The van der Waals surface area contributed by atoms with Crippen molar-refractivity contribution in [2.75, 3.05) is 6.54 Å². The maximum Gasteiger partial charge on any atom is 0.410 e. The Labute approximate surface area is 229 Å². The van der Waals surface area contributed by atoms with Gasteiger partial charge in [0, 0.05) is 18.2 Å². The maximum absolute atomic E-state index is 13.4. The molecule has 0 radical (unpaired) electrons. The highest BCUT2D eigenvalue weighted by atomic mass is 16.8. The molecule has 2 aromatic rings. The molecule has 3 aliphatic heterocycles. The molecule has 1 spiro atoms. The Kier molecular flexibility index (Phi) is 6.39. The number of fused-ring (bicyclic) bond motifs is 1. The number of hydrogen-bond donors (Lipinski definition) is 0. The van der Waals surface area contributed by atoms with Crippen LogP contribution in [0.15, 0.2) is 84.5 Å². The molecular weight excluding hydrogens is 494 g/mol. The Morgan fingerprint density at radius 3 is 2.15 bits per heavy atom. The van der Waals surface area contributed by atoms with Gasteiger partial charge in [0.1, 0.15) is 17.8 Å². The molecule has 2 fully saturated rings. The minimum absolute atomic E-state index is 0.241. The van der Waals surface area contributed by atoms with E-state index < -0.39 is 35.1 Å². The molecule has 2 unspecified atom stereocenters. The van der Waals surface area contributed by atoms with Crippen LogP contribution in [0.25, 0.3) is 0 Å². The topological polar surface area (TPSA) is 74.3 Å². The largest absolute Gasteiger partial charge is 0.449 e. The van der Waals surface area contributed by atoms with Crippen molar-refractivity contribution in [1.29, 1.82) is 0 Å². The molecule has 0 aromatic heterocycles. The lowest BCUT2D eigenvalue weighted by Crippen LogP contribution is -2.61. The summed E-state index contributed by atoms with van der Waals surface area (Å²) in [5.74, 6) is -1.57. The fourth-order valence-corrected chi connectivity index (χ4v) is 6.33. The van der Waals surface area contributed by atoms with Gasteiger partial charge in [0.2, 0.25) is 0 Å². The SMILES string of the molecule is CC(C)(C)OC(=O)N1CCCC[C@H]1[C@]12CC3(C=CC1=CC(=O)O2)OC(c1ccccc1)C(c1ccccc1)O3. The van der Waals surface area contributed by atoms with E-state index in [1.54, 1.807) is 4.90 Å². The average Bonchev–Trinajstić information content (AvgIpc) is 3.46. The van der Waals surface area contributed by atoms with Crippen LogP contribution < -0.4 is 0 Å². The molecule has 0 saturated carbocycles. The number of amides is 1. The zero-order valence-electron chi connectivity index (χ0n) is 22.7. The molecule has 39 heavy (non-hydrogen) atoms. The standard InChI is InChI=1S/C32H35NO6/c1-30(2,3)39-29(35)33-19-11-10-16-25(33)32-21-31(18-17-24(32)20-26(34)36-32)37-27(22-12-6-4-7-13-22)28(38-31)23-14-8-5-9-15-23/h4-9,12-15,17-18,20,25,27-28H,10-11,16,19,21H2,1-3H3/t25-,27?,28?,31?,32-/m0/s1. The lowest BCUT2D eigenvalue weighted by atomic mass is 9.73. The van der Waals surface area contributed by atoms with Gasteiger partial charge in [-0.3, -0.25) is 0 Å². The van der Waals surface area contributed by atoms with Crippen molar-refractivity contribution in [3.63, 3.8) is 0 Å². The smallest absolute Gasteiger partial charge is 0.410 e. The van der Waals surface area contributed by atoms with E-state index in [0.717, 1.165) is 29.5 Å². The molecule has 3 heterocycles. The van der Waals surface area contributed by atoms with E-state index in [0.29, 0.717) is 13.0 Å². The van der Waals surface area contributed by atoms with Gasteiger partial charge in [0.05, 0.1) is 12.5 Å². The van der Waals surface area contributed by atoms with E-state index >= 15 is 0 Å². The average molecular weight is 530 g/mol. The van der Waals surface area contributed by atoms with E-state index in [2.05, 4.69) is 0 Å². The van der Waals surface area contributed by atoms with E-state index in [1.165, 1.54) is 6.08 Å². The Balaban J connectivity index is 1.38. The number of benzene rings is 2. The summed E-state index contributed by atoms with van der Waals surface area (Å²) in [7, 11) is 0. The fraction of sp³-hybridized carbons (Fsp3) is 0.438. The van der Waals surface area contributed by atoms with Crippen LogP contribution in [0.2, 0.25) is 0 Å². The van der Waals surface area contributed by atoms with Crippen LogP contribution in [-0.4, -0.2) is 46.5 Å². The molecule has 4 aliphatic rings. The molecule has 2 saturated heterocycles. The lowest BCUT2D eigenvalue weighted by Gasteiger charge is -2.49. The molecule has 1 amide bonds. The van der Waals surface area contributed by atoms with Crippen LogP contribution in [0.5, 0.6) is 0 Å². The first kappa shape index (κ1) is 25.8. The number of piperidine rings is 1. The monoisotopic (exact) mass is 529 g/mol. The second kappa shape index (κ2) is 9.65. The zero-order chi connectivity index (χ0) is 27.3. The van der Waals surface area contributed by atoms with E-state index in [-0.39, 0.29) is 18.6 Å². The van der Waals surface area contributed by atoms with Crippen molar-refractivity contribution in [2.45, 2.75) is 81.7 Å². The number of ether oxygens (including phenoxy) is 4. The van der Waals surface area contributed by atoms with Crippen LogP contribution in [0, 0.1) is 0 Å². The summed E-state index contributed by atoms with van der Waals surface area (Å²) in [5, 5.41) is 0. The van der Waals surface area contributed by atoms with E-state index in [9.17, 15) is 9.59 Å². The van der Waals surface area contributed by atoms with Gasteiger partial charge in [-0.25, -0.2) is 9.59 Å². The molecule has 0 N–H and O–H groups in total. The number of carbonyl (C=O) groups is 2. The molecular formula is C32H35NO6. The Bertz CT molecular complexity index is 1250. The zero-order valence-corrected chi connectivity index (χ0v) is 22.7. The van der Waals surface area contributed by atoms with Crippen molar-refractivity contribution in [3.05, 3.63) is 95.6 Å². The number of nitrogens with zero attached hydrogens (tertiary/aromatic N) is 1. The van der Waals surface area contributed by atoms with Crippen molar-refractivity contribution < 1.29 is 28.5 Å². The fourth-order valence-electron chi connectivity index (χ4n) is 6.33. The lowest BCUT2D eigenvalue weighted by molar-refractivity contribution is -0.196. The molecule has 7 nitrogen and oxygen atoms in total. The molecule has 4 atom stereocenters. The third-order valence-corrected chi connectivity index (χ3v) is 7.92. The number of hydrogen-bond acceptors (Lipinski definition) is 6. The minimum atomic E-state index is -1.15. The summed E-state index contributed by atoms with van der Waals surface area (Å²) in [6.07, 6.45) is 6.87. The van der Waals surface area contributed by atoms with Crippen LogP contribution in [0.1, 0.15) is 69.8 Å². The normalized spacial score (nSPS) is 32.1. The van der Waals surface area contributed by atoms with Crippen LogP contribution in [0.4, 0.5) is 4.79 Å². The van der Waals surface area contributed by atoms with Gasteiger partial charge >= 0.3 is 12.1 Å². The predicted octanol–water partition coefficient (Wildman–Crippen LogP) is 6.18. The molecule has 204 valence electrons. The Morgan fingerprint density at radius 2 is 1.56 bits per heavy atom. The minimum Gasteiger partial charge on any atom is -0.449 e. The number of carbonyl (C=O) groups excluding carboxylic acids is 2. The van der Waals surface area contributed by atoms with Crippen molar-refractivity contribution in [1.82, 2.24) is 4.90 Å². The first-order chi connectivity index (χ1) is 18.7. The second-order valence-corrected chi connectivity index (χ2v) is 11.8. The number of likely N-dealkylation sites (tertiary alicyclic amines) is 1. The molecule has 6 rings (SSSR count). The predicted molar refractivity (Wildman–Crippen MR) is 145 cm³/mol. The summed E-state index contributed by atoms with van der Waals surface area (Å²) in [6, 6.07) is 19.7. The van der Waals surface area contributed by atoms with Crippen LogP contribution >= 0.6 is 0 Å². The third-order valence-electron chi connectivity index (χ3n) is 7.92. The van der Waals surface area contributed by atoms with Crippen molar-refractivity contribution in [3.8, 4) is 0 Å². The molecule has 1 aliphatic carbocycles. The first-order valence-corrected chi connectivity index (χ1v) is 13.8. The second-order valence-electron chi connectivity index (χ2n) is 11.8. The molecule has 0 bridgehead atoms. The molecule has 2 aromatic carbocycles.